The molecule has 2 rings (SSSR count). The fraction of sp³-hybridized carbons (Fsp3) is 0.250. The Balaban J connectivity index is 2.26. The molecule has 3 nitrogen and oxygen atoms in total. The third kappa shape index (κ3) is 3.44. The fourth-order valence-corrected chi connectivity index (χ4v) is 2.11. The van der Waals surface area contributed by atoms with Gasteiger partial charge in [-0.3, -0.25) is 0 Å². The molecular weight excluding hydrogens is 274 g/mol. The molecule has 0 bridgehead atoms. The van der Waals surface area contributed by atoms with E-state index in [0.717, 1.165) is 22.6 Å². The molecule has 106 valence electrons. The van der Waals surface area contributed by atoms with E-state index in [2.05, 4.69) is 0 Å². The first-order chi connectivity index (χ1) is 9.63. The maximum atomic E-state index is 6.01. The maximum absolute atomic E-state index is 6.01. The molecule has 0 aliphatic carbocycles. The van der Waals surface area contributed by atoms with Crippen molar-refractivity contribution in [3.8, 4) is 11.5 Å². The molecule has 0 fully saturated rings. The lowest BCUT2D eigenvalue weighted by Crippen LogP contribution is -2.18. The highest BCUT2D eigenvalue weighted by molar-refractivity contribution is 6.30. The number of aryl methyl sites for hydroxylation is 1. The Morgan fingerprint density at radius 2 is 2.00 bits per heavy atom. The first-order valence-electron chi connectivity index (χ1n) is 6.41. The standard InChI is InChI=1S/C16H18ClNO2/c1-11-6-7-13(17)9-15(11)20-16(10-18)12-4-3-5-14(8-12)19-2/h3-9,16H,10,18H2,1-2H3. The lowest BCUT2D eigenvalue weighted by Gasteiger charge is -2.20. The number of ether oxygens (including phenoxy) is 2. The second kappa shape index (κ2) is 6.64. The predicted octanol–water partition coefficient (Wildman–Crippen LogP) is 3.74. The van der Waals surface area contributed by atoms with Crippen molar-refractivity contribution in [3.05, 3.63) is 58.6 Å². The Morgan fingerprint density at radius 3 is 2.70 bits per heavy atom. The molecule has 0 amide bonds. The molecule has 20 heavy (non-hydrogen) atoms. The van der Waals surface area contributed by atoms with Crippen molar-refractivity contribution < 1.29 is 9.47 Å². The lowest BCUT2D eigenvalue weighted by atomic mass is 10.1. The first kappa shape index (κ1) is 14.7. The van der Waals surface area contributed by atoms with Crippen LogP contribution in [0.25, 0.3) is 0 Å². The van der Waals surface area contributed by atoms with Crippen LogP contribution in [0.4, 0.5) is 0 Å². The number of benzene rings is 2. The van der Waals surface area contributed by atoms with Crippen LogP contribution in [0, 0.1) is 6.92 Å². The van der Waals surface area contributed by atoms with Crippen LogP contribution in [0.2, 0.25) is 5.02 Å². The van der Waals surface area contributed by atoms with Gasteiger partial charge in [-0.05, 0) is 42.3 Å². The van der Waals surface area contributed by atoms with Crippen molar-refractivity contribution in [1.82, 2.24) is 0 Å². The summed E-state index contributed by atoms with van der Waals surface area (Å²) in [6, 6.07) is 13.3. The molecule has 0 saturated heterocycles. The zero-order chi connectivity index (χ0) is 14.5. The van der Waals surface area contributed by atoms with E-state index in [1.165, 1.54) is 0 Å². The molecule has 2 aromatic rings. The van der Waals surface area contributed by atoms with Gasteiger partial charge in [-0.25, -0.2) is 0 Å². The molecule has 0 heterocycles. The number of hydrogen-bond acceptors (Lipinski definition) is 3. The third-order valence-electron chi connectivity index (χ3n) is 3.10. The molecule has 0 aliphatic heterocycles. The molecule has 4 heteroatoms. The number of methoxy groups -OCH3 is 1. The second-order valence-corrected chi connectivity index (χ2v) is 4.97. The SMILES string of the molecule is COc1cccc(C(CN)Oc2cc(Cl)ccc2C)c1. The number of halogens is 1. The van der Waals surface area contributed by atoms with Crippen LogP contribution in [0.15, 0.2) is 42.5 Å². The van der Waals surface area contributed by atoms with Crippen LogP contribution in [0.5, 0.6) is 11.5 Å². The number of nitrogens with two attached hydrogens (primary N) is 1. The van der Waals surface area contributed by atoms with E-state index in [4.69, 9.17) is 26.8 Å². The predicted molar refractivity (Wildman–Crippen MR) is 81.6 cm³/mol. The quantitative estimate of drug-likeness (QED) is 0.913. The Kier molecular flexibility index (Phi) is 4.88. The summed E-state index contributed by atoms with van der Waals surface area (Å²) >= 11 is 6.01. The minimum absolute atomic E-state index is 0.234. The summed E-state index contributed by atoms with van der Waals surface area (Å²) in [5.41, 5.74) is 7.84. The van der Waals surface area contributed by atoms with Crippen LogP contribution < -0.4 is 15.2 Å². The van der Waals surface area contributed by atoms with Gasteiger partial charge in [0.1, 0.15) is 17.6 Å². The summed E-state index contributed by atoms with van der Waals surface area (Å²) in [4.78, 5) is 0. The summed E-state index contributed by atoms with van der Waals surface area (Å²) < 4.78 is 11.2. The summed E-state index contributed by atoms with van der Waals surface area (Å²) in [5.74, 6) is 1.53. The Hall–Kier alpha value is -1.71. The van der Waals surface area contributed by atoms with Crippen molar-refractivity contribution in [2.45, 2.75) is 13.0 Å². The molecule has 0 aromatic heterocycles. The van der Waals surface area contributed by atoms with E-state index in [-0.39, 0.29) is 6.10 Å². The van der Waals surface area contributed by atoms with Gasteiger partial charge in [0.2, 0.25) is 0 Å². The smallest absolute Gasteiger partial charge is 0.136 e. The molecule has 2 N–H and O–H groups in total. The van der Waals surface area contributed by atoms with Crippen molar-refractivity contribution in [3.63, 3.8) is 0 Å². The van der Waals surface area contributed by atoms with E-state index < -0.39 is 0 Å². The summed E-state index contributed by atoms with van der Waals surface area (Å²) in [7, 11) is 1.64. The van der Waals surface area contributed by atoms with Crippen LogP contribution in [0.1, 0.15) is 17.2 Å². The zero-order valence-corrected chi connectivity index (χ0v) is 12.4. The highest BCUT2D eigenvalue weighted by Crippen LogP contribution is 2.28. The van der Waals surface area contributed by atoms with Crippen molar-refractivity contribution >= 4 is 11.6 Å². The lowest BCUT2D eigenvalue weighted by molar-refractivity contribution is 0.212. The van der Waals surface area contributed by atoms with Crippen LogP contribution >= 0.6 is 11.6 Å². The van der Waals surface area contributed by atoms with E-state index >= 15 is 0 Å². The van der Waals surface area contributed by atoms with Gasteiger partial charge < -0.3 is 15.2 Å². The molecule has 0 saturated carbocycles. The highest BCUT2D eigenvalue weighted by Gasteiger charge is 2.14. The van der Waals surface area contributed by atoms with E-state index in [9.17, 15) is 0 Å². The van der Waals surface area contributed by atoms with Gasteiger partial charge in [0, 0.05) is 11.6 Å². The normalized spacial score (nSPS) is 12.0. The highest BCUT2D eigenvalue weighted by atomic mass is 35.5. The molecule has 1 unspecified atom stereocenters. The van der Waals surface area contributed by atoms with Crippen LogP contribution in [-0.4, -0.2) is 13.7 Å². The van der Waals surface area contributed by atoms with Crippen molar-refractivity contribution in [2.75, 3.05) is 13.7 Å². The van der Waals surface area contributed by atoms with Gasteiger partial charge in [-0.1, -0.05) is 29.8 Å². The van der Waals surface area contributed by atoms with E-state index in [1.807, 2.05) is 43.3 Å². The molecule has 2 aromatic carbocycles. The Morgan fingerprint density at radius 1 is 1.20 bits per heavy atom. The first-order valence-corrected chi connectivity index (χ1v) is 6.78. The molecular formula is C16H18ClNO2. The van der Waals surface area contributed by atoms with E-state index in [1.54, 1.807) is 13.2 Å². The van der Waals surface area contributed by atoms with Gasteiger partial charge in [0.15, 0.2) is 0 Å². The molecule has 0 radical (unpaired) electrons. The largest absolute Gasteiger partial charge is 0.497 e. The second-order valence-electron chi connectivity index (χ2n) is 4.53. The summed E-state index contributed by atoms with van der Waals surface area (Å²) in [6.45, 7) is 2.35. The molecule has 0 spiro atoms. The van der Waals surface area contributed by atoms with Crippen molar-refractivity contribution in [1.29, 1.82) is 0 Å². The minimum Gasteiger partial charge on any atom is -0.497 e. The van der Waals surface area contributed by atoms with Gasteiger partial charge >= 0.3 is 0 Å². The van der Waals surface area contributed by atoms with Gasteiger partial charge in [0.05, 0.1) is 7.11 Å². The molecule has 0 aliphatic rings. The van der Waals surface area contributed by atoms with Gasteiger partial charge in [-0.2, -0.15) is 0 Å². The molecule has 1 atom stereocenters. The Bertz CT molecular complexity index is 586. The van der Waals surface area contributed by atoms with Crippen molar-refractivity contribution in [2.24, 2.45) is 5.73 Å². The fourth-order valence-electron chi connectivity index (χ4n) is 1.95. The Labute approximate surface area is 124 Å². The zero-order valence-electron chi connectivity index (χ0n) is 11.6. The summed E-state index contributed by atoms with van der Waals surface area (Å²) in [5, 5.41) is 0.645. The third-order valence-corrected chi connectivity index (χ3v) is 3.33. The topological polar surface area (TPSA) is 44.5 Å². The van der Waals surface area contributed by atoms with Crippen LogP contribution in [0.3, 0.4) is 0 Å². The minimum atomic E-state index is -0.234. The number of rotatable bonds is 5. The summed E-state index contributed by atoms with van der Waals surface area (Å²) in [6.07, 6.45) is -0.234. The van der Waals surface area contributed by atoms with E-state index in [0.29, 0.717) is 11.6 Å². The van der Waals surface area contributed by atoms with Gasteiger partial charge in [0.25, 0.3) is 0 Å². The maximum Gasteiger partial charge on any atom is 0.136 e. The number of hydrogen-bond donors (Lipinski definition) is 1. The monoisotopic (exact) mass is 291 g/mol. The van der Waals surface area contributed by atoms with Gasteiger partial charge in [-0.15, -0.1) is 0 Å². The van der Waals surface area contributed by atoms with Crippen LogP contribution in [-0.2, 0) is 0 Å². The average molecular weight is 292 g/mol. The average Bonchev–Trinajstić information content (AvgIpc) is 2.48.